The van der Waals surface area contributed by atoms with Crippen LogP contribution in [0.1, 0.15) is 12.5 Å². The Labute approximate surface area is 113 Å². The summed E-state index contributed by atoms with van der Waals surface area (Å²) in [6, 6.07) is 9.36. The predicted molar refractivity (Wildman–Crippen MR) is 77.9 cm³/mol. The smallest absolute Gasteiger partial charge is 0.0407 e. The summed E-state index contributed by atoms with van der Waals surface area (Å²) in [7, 11) is 4.36. The minimum absolute atomic E-state index is 0.665. The van der Waals surface area contributed by atoms with Crippen molar-refractivity contribution in [2.75, 3.05) is 32.1 Å². The van der Waals surface area contributed by atoms with Crippen LogP contribution in [0, 0.1) is 5.92 Å². The normalized spacial score (nSPS) is 24.6. The molecule has 1 saturated heterocycles. The summed E-state index contributed by atoms with van der Waals surface area (Å²) in [6.45, 7) is 4.65. The summed E-state index contributed by atoms with van der Waals surface area (Å²) in [6.07, 6.45) is 0. The van der Waals surface area contributed by atoms with E-state index in [9.17, 15) is 0 Å². The first-order chi connectivity index (χ1) is 8.13. The van der Waals surface area contributed by atoms with E-state index in [0.717, 1.165) is 24.3 Å². The van der Waals surface area contributed by atoms with E-state index in [0.29, 0.717) is 6.04 Å². The van der Waals surface area contributed by atoms with Crippen LogP contribution in [0.3, 0.4) is 0 Å². The summed E-state index contributed by atoms with van der Waals surface area (Å²) >= 11 is 3.58. The topological polar surface area (TPSA) is 6.48 Å². The number of nitrogens with zero attached hydrogens (tertiary/aromatic N) is 2. The number of alkyl halides is 1. The molecule has 2 nitrogen and oxygen atoms in total. The highest BCUT2D eigenvalue weighted by molar-refractivity contribution is 9.08. The molecular weight excluding hydrogens is 276 g/mol. The third-order valence-corrected chi connectivity index (χ3v) is 4.32. The summed E-state index contributed by atoms with van der Waals surface area (Å²) in [5, 5.41) is 0.931. The molecule has 3 heteroatoms. The second-order valence-electron chi connectivity index (χ2n) is 5.18. The van der Waals surface area contributed by atoms with E-state index in [2.05, 4.69) is 71.0 Å². The zero-order valence-corrected chi connectivity index (χ0v) is 12.4. The van der Waals surface area contributed by atoms with Crippen LogP contribution in [0.4, 0.5) is 5.69 Å². The first kappa shape index (κ1) is 12.9. The minimum atomic E-state index is 0.665. The number of anilines is 1. The standard InChI is InChI=1S/C14H21BrN2/c1-11-9-17(10-14(11)16(2)3)13-7-5-4-6-12(13)8-15/h4-7,11,14H,8-10H2,1-3H3. The van der Waals surface area contributed by atoms with E-state index in [1.165, 1.54) is 11.3 Å². The van der Waals surface area contributed by atoms with E-state index in [1.807, 2.05) is 0 Å². The van der Waals surface area contributed by atoms with Crippen molar-refractivity contribution < 1.29 is 0 Å². The van der Waals surface area contributed by atoms with Crippen molar-refractivity contribution >= 4 is 21.6 Å². The molecule has 0 saturated carbocycles. The molecule has 2 unspecified atom stereocenters. The molecule has 1 aliphatic heterocycles. The van der Waals surface area contributed by atoms with Gasteiger partial charge in [-0.1, -0.05) is 41.1 Å². The third-order valence-electron chi connectivity index (χ3n) is 3.71. The van der Waals surface area contributed by atoms with E-state index in [1.54, 1.807) is 0 Å². The van der Waals surface area contributed by atoms with Gasteiger partial charge in [-0.05, 0) is 31.6 Å². The molecule has 1 aromatic carbocycles. The first-order valence-electron chi connectivity index (χ1n) is 6.18. The Morgan fingerprint density at radius 3 is 2.59 bits per heavy atom. The van der Waals surface area contributed by atoms with Gasteiger partial charge < -0.3 is 9.80 Å². The molecule has 1 aliphatic rings. The molecule has 2 rings (SSSR count). The molecule has 0 aromatic heterocycles. The number of benzene rings is 1. The average Bonchev–Trinajstić information content (AvgIpc) is 2.71. The molecule has 0 aliphatic carbocycles. The number of hydrogen-bond acceptors (Lipinski definition) is 2. The van der Waals surface area contributed by atoms with Gasteiger partial charge in [-0.2, -0.15) is 0 Å². The fraction of sp³-hybridized carbons (Fsp3) is 0.571. The number of hydrogen-bond donors (Lipinski definition) is 0. The summed E-state index contributed by atoms with van der Waals surface area (Å²) < 4.78 is 0. The van der Waals surface area contributed by atoms with Crippen molar-refractivity contribution in [3.8, 4) is 0 Å². The van der Waals surface area contributed by atoms with Gasteiger partial charge in [0.25, 0.3) is 0 Å². The number of halogens is 1. The largest absolute Gasteiger partial charge is 0.369 e. The molecule has 17 heavy (non-hydrogen) atoms. The molecule has 94 valence electrons. The van der Waals surface area contributed by atoms with Gasteiger partial charge in [0.15, 0.2) is 0 Å². The van der Waals surface area contributed by atoms with Crippen molar-refractivity contribution in [2.24, 2.45) is 5.92 Å². The molecule has 0 N–H and O–H groups in total. The molecule has 0 bridgehead atoms. The van der Waals surface area contributed by atoms with Gasteiger partial charge in [0.2, 0.25) is 0 Å². The maximum atomic E-state index is 3.58. The van der Waals surface area contributed by atoms with Crippen molar-refractivity contribution in [3.05, 3.63) is 29.8 Å². The molecule has 0 radical (unpaired) electrons. The molecule has 0 amide bonds. The van der Waals surface area contributed by atoms with E-state index >= 15 is 0 Å². The van der Waals surface area contributed by atoms with E-state index in [-0.39, 0.29) is 0 Å². The lowest BCUT2D eigenvalue weighted by atomic mass is 10.1. The monoisotopic (exact) mass is 296 g/mol. The molecule has 1 aromatic rings. The maximum absolute atomic E-state index is 3.58. The predicted octanol–water partition coefficient (Wildman–Crippen LogP) is 2.97. The van der Waals surface area contributed by atoms with Gasteiger partial charge >= 0.3 is 0 Å². The van der Waals surface area contributed by atoms with E-state index in [4.69, 9.17) is 0 Å². The summed E-state index contributed by atoms with van der Waals surface area (Å²) in [5.74, 6) is 0.730. The second-order valence-corrected chi connectivity index (χ2v) is 5.74. The van der Waals surface area contributed by atoms with Crippen LogP contribution in [0.15, 0.2) is 24.3 Å². The Balaban J connectivity index is 2.19. The molecule has 1 fully saturated rings. The van der Waals surface area contributed by atoms with Crippen molar-refractivity contribution in [1.29, 1.82) is 0 Å². The van der Waals surface area contributed by atoms with Crippen LogP contribution in [-0.4, -0.2) is 38.1 Å². The van der Waals surface area contributed by atoms with Gasteiger partial charge in [0, 0.05) is 30.1 Å². The lowest BCUT2D eigenvalue weighted by molar-refractivity contribution is 0.266. The van der Waals surface area contributed by atoms with Gasteiger partial charge in [-0.15, -0.1) is 0 Å². The third kappa shape index (κ3) is 2.66. The van der Waals surface area contributed by atoms with Crippen molar-refractivity contribution in [2.45, 2.75) is 18.3 Å². The van der Waals surface area contributed by atoms with Gasteiger partial charge in [0.05, 0.1) is 0 Å². The molecular formula is C14H21BrN2. The second kappa shape index (κ2) is 5.40. The summed E-state index contributed by atoms with van der Waals surface area (Å²) in [4.78, 5) is 4.87. The SMILES string of the molecule is CC1CN(c2ccccc2CBr)CC1N(C)C. The number of para-hydroxylation sites is 1. The minimum Gasteiger partial charge on any atom is -0.369 e. The molecule has 0 spiro atoms. The lowest BCUT2D eigenvalue weighted by Crippen LogP contribution is -2.34. The maximum Gasteiger partial charge on any atom is 0.0407 e. The lowest BCUT2D eigenvalue weighted by Gasteiger charge is -2.24. The van der Waals surface area contributed by atoms with Crippen LogP contribution < -0.4 is 4.90 Å². The van der Waals surface area contributed by atoms with Crippen LogP contribution >= 0.6 is 15.9 Å². The summed E-state index contributed by atoms with van der Waals surface area (Å²) in [5.41, 5.74) is 2.78. The van der Waals surface area contributed by atoms with Gasteiger partial charge in [-0.3, -0.25) is 0 Å². The zero-order chi connectivity index (χ0) is 12.4. The van der Waals surface area contributed by atoms with Crippen molar-refractivity contribution in [3.63, 3.8) is 0 Å². The van der Waals surface area contributed by atoms with Crippen LogP contribution in [-0.2, 0) is 5.33 Å². The molecule has 1 heterocycles. The van der Waals surface area contributed by atoms with Crippen molar-refractivity contribution in [1.82, 2.24) is 4.90 Å². The highest BCUT2D eigenvalue weighted by atomic mass is 79.9. The first-order valence-corrected chi connectivity index (χ1v) is 7.31. The number of rotatable bonds is 3. The quantitative estimate of drug-likeness (QED) is 0.791. The Hall–Kier alpha value is -0.540. The molecule has 2 atom stereocenters. The fourth-order valence-corrected chi connectivity index (χ4v) is 3.23. The Kier molecular flexibility index (Phi) is 4.10. The Morgan fingerprint density at radius 2 is 2.00 bits per heavy atom. The van der Waals surface area contributed by atoms with Crippen LogP contribution in [0.5, 0.6) is 0 Å². The highest BCUT2D eigenvalue weighted by Gasteiger charge is 2.31. The van der Waals surface area contributed by atoms with Gasteiger partial charge in [0.1, 0.15) is 0 Å². The zero-order valence-electron chi connectivity index (χ0n) is 10.9. The average molecular weight is 297 g/mol. The van der Waals surface area contributed by atoms with Crippen LogP contribution in [0.2, 0.25) is 0 Å². The van der Waals surface area contributed by atoms with E-state index < -0.39 is 0 Å². The highest BCUT2D eigenvalue weighted by Crippen LogP contribution is 2.29. The Morgan fingerprint density at radius 1 is 1.29 bits per heavy atom. The number of likely N-dealkylation sites (N-methyl/N-ethyl adjacent to an activating group) is 1. The Bertz CT molecular complexity index is 378. The van der Waals surface area contributed by atoms with Crippen LogP contribution in [0.25, 0.3) is 0 Å². The van der Waals surface area contributed by atoms with Gasteiger partial charge in [-0.25, -0.2) is 0 Å². The fourth-order valence-electron chi connectivity index (χ4n) is 2.75.